The zero-order chi connectivity index (χ0) is 9.23. The Morgan fingerprint density at radius 2 is 2.17 bits per heavy atom. The lowest BCUT2D eigenvalue weighted by Gasteiger charge is -1.96. The van der Waals surface area contributed by atoms with E-state index in [-0.39, 0.29) is 5.97 Å². The van der Waals surface area contributed by atoms with E-state index < -0.39 is 0 Å². The Hall–Kier alpha value is -1.05. The van der Waals surface area contributed by atoms with Crippen molar-refractivity contribution in [3.8, 4) is 0 Å². The van der Waals surface area contributed by atoms with Crippen LogP contribution in [-0.4, -0.2) is 12.6 Å². The van der Waals surface area contributed by atoms with Crippen molar-refractivity contribution in [2.24, 2.45) is 0 Å². The van der Waals surface area contributed by atoms with Crippen LogP contribution in [0, 0.1) is 0 Å². The maximum absolute atomic E-state index is 10.7. The minimum atomic E-state index is -0.262. The maximum atomic E-state index is 10.7. The first-order chi connectivity index (χ1) is 5.81. The molecule has 0 aromatic carbocycles. The van der Waals surface area contributed by atoms with Gasteiger partial charge in [0.05, 0.1) is 6.61 Å². The molecule has 2 nitrogen and oxygen atoms in total. The van der Waals surface area contributed by atoms with Crippen LogP contribution < -0.4 is 0 Å². The largest absolute Gasteiger partial charge is 0.462 e. The number of hydrogen-bond acceptors (Lipinski definition) is 2. The van der Waals surface area contributed by atoms with Gasteiger partial charge in [0.1, 0.15) is 0 Å². The van der Waals surface area contributed by atoms with Crippen LogP contribution in [-0.2, 0) is 9.53 Å². The van der Waals surface area contributed by atoms with Crippen LogP contribution in [0.5, 0.6) is 0 Å². The number of rotatable bonds is 5. The second-order valence-electron chi connectivity index (χ2n) is 2.34. The lowest BCUT2D eigenvalue weighted by molar-refractivity contribution is -0.137. The smallest absolute Gasteiger partial charge is 0.330 e. The van der Waals surface area contributed by atoms with Crippen molar-refractivity contribution >= 4 is 5.97 Å². The summed E-state index contributed by atoms with van der Waals surface area (Å²) in [6.07, 6.45) is 9.00. The zero-order valence-electron chi connectivity index (χ0n) is 7.75. The molecule has 12 heavy (non-hydrogen) atoms. The fourth-order valence-electron chi connectivity index (χ4n) is 0.696. The van der Waals surface area contributed by atoms with Crippen LogP contribution in [0.1, 0.15) is 26.7 Å². The molecule has 0 rings (SSSR count). The molecule has 0 atom stereocenters. The van der Waals surface area contributed by atoms with Gasteiger partial charge in [-0.1, -0.05) is 25.2 Å². The highest BCUT2D eigenvalue weighted by Gasteiger charge is 1.92. The van der Waals surface area contributed by atoms with Crippen molar-refractivity contribution in [1.82, 2.24) is 0 Å². The van der Waals surface area contributed by atoms with Gasteiger partial charge in [0.2, 0.25) is 0 Å². The molecule has 0 aromatic heterocycles. The fourth-order valence-corrected chi connectivity index (χ4v) is 0.696. The van der Waals surface area contributed by atoms with Crippen molar-refractivity contribution in [2.75, 3.05) is 6.61 Å². The number of carbonyl (C=O) groups excluding carboxylic acids is 1. The molecule has 0 fully saturated rings. The average molecular weight is 168 g/mol. The maximum Gasteiger partial charge on any atom is 0.330 e. The van der Waals surface area contributed by atoms with Gasteiger partial charge in [0.25, 0.3) is 0 Å². The Morgan fingerprint density at radius 1 is 1.42 bits per heavy atom. The highest BCUT2D eigenvalue weighted by atomic mass is 16.5. The van der Waals surface area contributed by atoms with Crippen LogP contribution in [0.25, 0.3) is 0 Å². The third-order valence-corrected chi connectivity index (χ3v) is 1.23. The zero-order valence-corrected chi connectivity index (χ0v) is 7.75. The summed E-state index contributed by atoms with van der Waals surface area (Å²) in [4.78, 5) is 10.7. The van der Waals surface area contributed by atoms with Crippen molar-refractivity contribution in [1.29, 1.82) is 0 Å². The topological polar surface area (TPSA) is 26.3 Å². The summed E-state index contributed by atoms with van der Waals surface area (Å²) in [7, 11) is 0. The van der Waals surface area contributed by atoms with Crippen LogP contribution >= 0.6 is 0 Å². The molecule has 2 heteroatoms. The van der Waals surface area contributed by atoms with E-state index in [1.807, 2.05) is 6.08 Å². The van der Waals surface area contributed by atoms with Crippen molar-refractivity contribution in [2.45, 2.75) is 26.7 Å². The number of ether oxygens (including phenoxy) is 1. The Bertz CT molecular complexity index is 169. The van der Waals surface area contributed by atoms with E-state index in [2.05, 4.69) is 13.0 Å². The van der Waals surface area contributed by atoms with Crippen LogP contribution in [0.4, 0.5) is 0 Å². The van der Waals surface area contributed by atoms with E-state index in [0.717, 1.165) is 12.8 Å². The average Bonchev–Trinajstić information content (AvgIpc) is 2.05. The quantitative estimate of drug-likeness (QED) is 0.273. The van der Waals surface area contributed by atoms with Crippen molar-refractivity contribution in [3.63, 3.8) is 0 Å². The lowest BCUT2D eigenvalue weighted by Crippen LogP contribution is -2.00. The molecule has 0 unspecified atom stereocenters. The van der Waals surface area contributed by atoms with Gasteiger partial charge in [0.15, 0.2) is 0 Å². The van der Waals surface area contributed by atoms with Gasteiger partial charge in [0, 0.05) is 6.08 Å². The molecule has 0 aliphatic heterocycles. The van der Waals surface area contributed by atoms with E-state index in [0.29, 0.717) is 6.61 Å². The Labute approximate surface area is 73.9 Å². The number of carbonyl (C=O) groups is 1. The molecule has 68 valence electrons. The molecule has 0 saturated carbocycles. The highest BCUT2D eigenvalue weighted by molar-refractivity contribution is 5.81. The van der Waals surface area contributed by atoms with E-state index in [4.69, 9.17) is 4.74 Å². The summed E-state index contributed by atoms with van der Waals surface area (Å²) >= 11 is 0. The molecular weight excluding hydrogens is 152 g/mol. The first-order valence-electron chi connectivity index (χ1n) is 4.25. The number of hydrogen-bond donors (Lipinski definition) is 0. The lowest BCUT2D eigenvalue weighted by atomic mass is 10.3. The normalized spacial score (nSPS) is 11.2. The summed E-state index contributed by atoms with van der Waals surface area (Å²) in [5, 5.41) is 0. The Balaban J connectivity index is 3.31. The van der Waals surface area contributed by atoms with Crippen LogP contribution in [0.15, 0.2) is 24.3 Å². The summed E-state index contributed by atoms with van der Waals surface area (Å²) in [5.41, 5.74) is 0. The predicted octanol–water partition coefficient (Wildman–Crippen LogP) is 2.46. The van der Waals surface area contributed by atoms with Gasteiger partial charge >= 0.3 is 5.97 Å². The fraction of sp³-hybridized carbons (Fsp3) is 0.500. The SMILES string of the molecule is C/C=C/C(=O)OCCC=CCC. The van der Waals surface area contributed by atoms with Gasteiger partial charge in [-0.05, 0) is 19.8 Å². The third-order valence-electron chi connectivity index (χ3n) is 1.23. The van der Waals surface area contributed by atoms with Crippen molar-refractivity contribution < 1.29 is 9.53 Å². The number of allylic oxidation sites excluding steroid dienone is 2. The Kier molecular flexibility index (Phi) is 7.35. The van der Waals surface area contributed by atoms with Gasteiger partial charge < -0.3 is 4.74 Å². The first-order valence-corrected chi connectivity index (χ1v) is 4.25. The standard InChI is InChI=1S/C10H16O2/c1-3-5-6-7-9-12-10(11)8-4-2/h4-6,8H,3,7,9H2,1-2H3/b6-5?,8-4+. The second kappa shape index (κ2) is 8.05. The summed E-state index contributed by atoms with van der Waals surface area (Å²) < 4.78 is 4.85. The van der Waals surface area contributed by atoms with Gasteiger partial charge in [-0.15, -0.1) is 0 Å². The molecule has 0 bridgehead atoms. The minimum Gasteiger partial charge on any atom is -0.462 e. The minimum absolute atomic E-state index is 0.262. The molecule has 0 aliphatic carbocycles. The molecule has 0 aliphatic rings. The van der Waals surface area contributed by atoms with E-state index in [9.17, 15) is 4.79 Å². The molecule has 0 heterocycles. The van der Waals surface area contributed by atoms with Gasteiger partial charge in [-0.25, -0.2) is 4.79 Å². The molecule has 0 N–H and O–H groups in total. The summed E-state index contributed by atoms with van der Waals surface area (Å²) in [6, 6.07) is 0. The highest BCUT2D eigenvalue weighted by Crippen LogP contribution is 1.89. The molecule has 0 spiro atoms. The predicted molar refractivity (Wildman–Crippen MR) is 49.8 cm³/mol. The van der Waals surface area contributed by atoms with Crippen LogP contribution in [0.3, 0.4) is 0 Å². The van der Waals surface area contributed by atoms with Gasteiger partial charge in [-0.2, -0.15) is 0 Å². The summed E-state index contributed by atoms with van der Waals surface area (Å²) in [6.45, 7) is 4.33. The molecular formula is C10H16O2. The monoisotopic (exact) mass is 168 g/mol. The number of esters is 1. The first kappa shape index (κ1) is 11.0. The Morgan fingerprint density at radius 3 is 2.75 bits per heavy atom. The molecule has 0 radical (unpaired) electrons. The second-order valence-corrected chi connectivity index (χ2v) is 2.34. The van der Waals surface area contributed by atoms with E-state index >= 15 is 0 Å². The van der Waals surface area contributed by atoms with Gasteiger partial charge in [-0.3, -0.25) is 0 Å². The van der Waals surface area contributed by atoms with Crippen molar-refractivity contribution in [3.05, 3.63) is 24.3 Å². The molecule has 0 saturated heterocycles. The van der Waals surface area contributed by atoms with E-state index in [1.54, 1.807) is 13.0 Å². The summed E-state index contributed by atoms with van der Waals surface area (Å²) in [5.74, 6) is -0.262. The van der Waals surface area contributed by atoms with E-state index in [1.165, 1.54) is 6.08 Å². The molecule has 0 aromatic rings. The van der Waals surface area contributed by atoms with Crippen LogP contribution in [0.2, 0.25) is 0 Å². The third kappa shape index (κ3) is 7.06. The molecule has 0 amide bonds.